The van der Waals surface area contributed by atoms with E-state index in [-0.39, 0.29) is 12.3 Å². The van der Waals surface area contributed by atoms with Gasteiger partial charge in [0.1, 0.15) is 0 Å². The molecule has 2 unspecified atom stereocenters. The third-order valence-corrected chi connectivity index (χ3v) is 7.06. The molecule has 0 fully saturated rings. The Morgan fingerprint density at radius 2 is 1.10 bits per heavy atom. The fraction of sp³-hybridized carbons (Fsp3) is 0.923. The van der Waals surface area contributed by atoms with Crippen molar-refractivity contribution in [1.29, 1.82) is 0 Å². The first kappa shape index (κ1) is 32.1. The quantitative estimate of drug-likeness (QED) is 0.206. The van der Waals surface area contributed by atoms with Crippen molar-refractivity contribution in [3.8, 4) is 0 Å². The summed E-state index contributed by atoms with van der Waals surface area (Å²) < 4.78 is 1.28. The summed E-state index contributed by atoms with van der Waals surface area (Å²) in [7, 11) is 0. The summed E-state index contributed by atoms with van der Waals surface area (Å²) in [6, 6.07) is 0. The third kappa shape index (κ3) is 16.2. The highest BCUT2D eigenvalue weighted by atomic mass is 16.4. The van der Waals surface area contributed by atoms with Crippen LogP contribution in [-0.4, -0.2) is 47.7 Å². The number of carboxylic acid groups (broad SMARTS) is 2. The van der Waals surface area contributed by atoms with Crippen LogP contribution in [0.1, 0.15) is 119 Å². The number of quaternary nitrogens is 1. The average molecular weight is 444 g/mol. The molecule has 31 heavy (non-hydrogen) atoms. The van der Waals surface area contributed by atoms with Gasteiger partial charge < -0.3 is 19.5 Å². The summed E-state index contributed by atoms with van der Waals surface area (Å²) in [5.74, 6) is -3.07. The highest BCUT2D eigenvalue weighted by Crippen LogP contribution is 2.28. The molecule has 0 rings (SSSR count). The number of carboxylic acids is 2. The lowest BCUT2D eigenvalue weighted by molar-refractivity contribution is -0.921. The molecule has 5 heteroatoms. The highest BCUT2D eigenvalue weighted by Gasteiger charge is 2.27. The second-order valence-electron chi connectivity index (χ2n) is 8.94. The van der Waals surface area contributed by atoms with Crippen LogP contribution in [-0.2, 0) is 9.59 Å². The molecule has 1 N–H and O–H groups in total. The summed E-state index contributed by atoms with van der Waals surface area (Å²) in [5, 5.41) is 20.2. The van der Waals surface area contributed by atoms with Crippen LogP contribution in [0.15, 0.2) is 0 Å². The van der Waals surface area contributed by atoms with Gasteiger partial charge in [0.25, 0.3) is 0 Å². The van der Waals surface area contributed by atoms with E-state index in [0.29, 0.717) is 0 Å². The Balaban J connectivity index is 0. The van der Waals surface area contributed by atoms with Crippen LogP contribution in [0.4, 0.5) is 0 Å². The second kappa shape index (κ2) is 20.8. The van der Waals surface area contributed by atoms with Gasteiger partial charge in [-0.2, -0.15) is 0 Å². The first-order valence-electron chi connectivity index (χ1n) is 13.0. The molecule has 0 radical (unpaired) electrons. The number of unbranched alkanes of at least 4 members (excludes halogenated alkanes) is 7. The van der Waals surface area contributed by atoms with Crippen molar-refractivity contribution in [2.24, 2.45) is 11.8 Å². The van der Waals surface area contributed by atoms with Crippen molar-refractivity contribution in [2.75, 3.05) is 26.2 Å². The number of rotatable bonds is 19. The van der Waals surface area contributed by atoms with Crippen LogP contribution in [0.5, 0.6) is 0 Å². The maximum atomic E-state index is 11.4. The van der Waals surface area contributed by atoms with Gasteiger partial charge in [0.05, 0.1) is 32.1 Å². The topological polar surface area (TPSA) is 77.4 Å². The van der Waals surface area contributed by atoms with Gasteiger partial charge in [-0.05, 0) is 46.5 Å². The predicted octanol–water partition coefficient (Wildman–Crippen LogP) is 5.66. The summed E-state index contributed by atoms with van der Waals surface area (Å²) in [6.45, 7) is 18.5. The minimum atomic E-state index is -1.25. The number of carbonyl (C=O) groups is 2. The van der Waals surface area contributed by atoms with Gasteiger partial charge in [-0.3, -0.25) is 4.79 Å². The van der Waals surface area contributed by atoms with Crippen LogP contribution in [0.3, 0.4) is 0 Å². The monoisotopic (exact) mass is 443 g/mol. The maximum absolute atomic E-state index is 11.4. The SMILES string of the molecule is CCCCCCCC(CCCCCC)C(CC(=O)[O-])C(=O)O.CC[N+](CC)(CC)CC. The van der Waals surface area contributed by atoms with E-state index >= 15 is 0 Å². The molecule has 0 heterocycles. The molecule has 0 bridgehead atoms. The molecule has 0 saturated carbocycles. The van der Waals surface area contributed by atoms with E-state index in [0.717, 1.165) is 51.4 Å². The van der Waals surface area contributed by atoms with Crippen LogP contribution >= 0.6 is 0 Å². The van der Waals surface area contributed by atoms with Crippen molar-refractivity contribution >= 4 is 11.9 Å². The van der Waals surface area contributed by atoms with E-state index in [9.17, 15) is 19.8 Å². The van der Waals surface area contributed by atoms with E-state index in [1.165, 1.54) is 49.9 Å². The zero-order chi connectivity index (χ0) is 24.1. The molecule has 0 spiro atoms. The number of aliphatic carboxylic acids is 2. The molecule has 0 aromatic heterocycles. The number of carbonyl (C=O) groups excluding carboxylic acids is 1. The Hall–Kier alpha value is -1.10. The molecular formula is C26H53NO4. The summed E-state index contributed by atoms with van der Waals surface area (Å²) in [4.78, 5) is 22.2. The maximum Gasteiger partial charge on any atom is 0.307 e. The lowest BCUT2D eigenvalue weighted by Gasteiger charge is -2.34. The van der Waals surface area contributed by atoms with Crippen molar-refractivity contribution in [3.05, 3.63) is 0 Å². The average Bonchev–Trinajstić information content (AvgIpc) is 2.76. The molecule has 0 saturated heterocycles. The van der Waals surface area contributed by atoms with Crippen molar-refractivity contribution in [3.63, 3.8) is 0 Å². The molecule has 0 amide bonds. The van der Waals surface area contributed by atoms with Gasteiger partial charge in [-0.15, -0.1) is 0 Å². The molecule has 2 atom stereocenters. The molecule has 0 aromatic rings. The van der Waals surface area contributed by atoms with E-state index in [1.807, 2.05) is 0 Å². The van der Waals surface area contributed by atoms with Crippen LogP contribution in [0, 0.1) is 11.8 Å². The molecule has 0 aliphatic rings. The van der Waals surface area contributed by atoms with Gasteiger partial charge in [-0.1, -0.05) is 71.6 Å². The largest absolute Gasteiger partial charge is 0.550 e. The first-order chi connectivity index (χ1) is 14.8. The number of nitrogens with zero attached hydrogens (tertiary/aromatic N) is 1. The van der Waals surface area contributed by atoms with Gasteiger partial charge in [0.15, 0.2) is 0 Å². The van der Waals surface area contributed by atoms with Crippen molar-refractivity contribution in [1.82, 2.24) is 0 Å². The van der Waals surface area contributed by atoms with Gasteiger partial charge in [-0.25, -0.2) is 0 Å². The van der Waals surface area contributed by atoms with Crippen LogP contribution < -0.4 is 5.11 Å². The minimum absolute atomic E-state index is 0.0334. The zero-order valence-electron chi connectivity index (χ0n) is 21.6. The fourth-order valence-electron chi connectivity index (χ4n) is 4.37. The van der Waals surface area contributed by atoms with Crippen molar-refractivity contribution in [2.45, 2.75) is 119 Å². The Bertz CT molecular complexity index is 418. The lowest BCUT2D eigenvalue weighted by Crippen LogP contribution is -2.47. The highest BCUT2D eigenvalue weighted by molar-refractivity contribution is 5.77. The van der Waals surface area contributed by atoms with Crippen molar-refractivity contribution < 1.29 is 24.3 Å². The van der Waals surface area contributed by atoms with Gasteiger partial charge >= 0.3 is 5.97 Å². The van der Waals surface area contributed by atoms with E-state index in [2.05, 4.69) is 41.5 Å². The third-order valence-electron chi connectivity index (χ3n) is 7.06. The number of hydrogen-bond donors (Lipinski definition) is 1. The van der Waals surface area contributed by atoms with E-state index in [4.69, 9.17) is 0 Å². The normalized spacial score (nSPS) is 13.2. The van der Waals surface area contributed by atoms with Crippen LogP contribution in [0.2, 0.25) is 0 Å². The molecule has 0 aromatic carbocycles. The van der Waals surface area contributed by atoms with E-state index < -0.39 is 17.9 Å². The van der Waals surface area contributed by atoms with Crippen LogP contribution in [0.25, 0.3) is 0 Å². The van der Waals surface area contributed by atoms with Gasteiger partial charge in [0, 0.05) is 12.4 Å². The Labute approximate surface area is 193 Å². The zero-order valence-corrected chi connectivity index (χ0v) is 21.6. The first-order valence-corrected chi connectivity index (χ1v) is 13.0. The number of hydrogen-bond acceptors (Lipinski definition) is 3. The molecule has 186 valence electrons. The Morgan fingerprint density at radius 1 is 0.710 bits per heavy atom. The lowest BCUT2D eigenvalue weighted by atomic mass is 9.81. The molecule has 0 aliphatic heterocycles. The smallest absolute Gasteiger partial charge is 0.307 e. The molecule has 0 aliphatic carbocycles. The standard InChI is InChI=1S/C18H34O4.C8H20N/c1-3-5-7-9-11-13-15(12-10-8-6-4-2)16(18(21)22)14-17(19)20;1-5-9(6-2,7-3)8-4/h15-16H,3-14H2,1-2H3,(H,19,20)(H,21,22);5-8H2,1-4H3/q;+1/p-1. The minimum Gasteiger partial charge on any atom is -0.550 e. The summed E-state index contributed by atoms with van der Waals surface area (Å²) >= 11 is 0. The predicted molar refractivity (Wildman–Crippen MR) is 129 cm³/mol. The summed E-state index contributed by atoms with van der Waals surface area (Å²) in [6.07, 6.45) is 11.3. The van der Waals surface area contributed by atoms with E-state index in [1.54, 1.807) is 0 Å². The molecular weight excluding hydrogens is 390 g/mol. The second-order valence-corrected chi connectivity index (χ2v) is 8.94. The van der Waals surface area contributed by atoms with Gasteiger partial charge in [0.2, 0.25) is 0 Å². The Morgan fingerprint density at radius 3 is 1.39 bits per heavy atom. The Kier molecular flexibility index (Phi) is 21.5. The summed E-state index contributed by atoms with van der Waals surface area (Å²) in [5.41, 5.74) is 0. The fourth-order valence-corrected chi connectivity index (χ4v) is 4.37. The molecule has 5 nitrogen and oxygen atoms in total.